The molecular weight excluding hydrogens is 282 g/mol. The first-order valence-corrected chi connectivity index (χ1v) is 6.50. The van der Waals surface area contributed by atoms with Crippen molar-refractivity contribution in [3.63, 3.8) is 0 Å². The van der Waals surface area contributed by atoms with E-state index in [9.17, 15) is 4.79 Å². The molecule has 0 unspecified atom stereocenters. The molecule has 1 rings (SSSR count). The van der Waals surface area contributed by atoms with Gasteiger partial charge in [0.1, 0.15) is 0 Å². The van der Waals surface area contributed by atoms with Crippen molar-refractivity contribution in [1.82, 2.24) is 0 Å². The van der Waals surface area contributed by atoms with Crippen molar-refractivity contribution in [1.29, 1.82) is 0 Å². The third kappa shape index (κ3) is 5.22. The Balaban J connectivity index is 2.74. The van der Waals surface area contributed by atoms with Gasteiger partial charge in [-0.1, -0.05) is 29.8 Å². The first-order chi connectivity index (χ1) is 7.99. The van der Waals surface area contributed by atoms with Crippen LogP contribution < -0.4 is 4.90 Å². The van der Waals surface area contributed by atoms with E-state index in [0.29, 0.717) is 12.5 Å². The molecule has 4 heteroatoms. The van der Waals surface area contributed by atoms with Gasteiger partial charge in [0.25, 0.3) is 0 Å². The fourth-order valence-electron chi connectivity index (χ4n) is 1.65. The van der Waals surface area contributed by atoms with Gasteiger partial charge in [0.15, 0.2) is 0 Å². The van der Waals surface area contributed by atoms with Crippen LogP contribution in [0, 0.1) is 5.92 Å². The maximum Gasteiger partial charge on any atom is 0.305 e. The molecule has 1 aromatic rings. The molecule has 0 saturated heterocycles. The second-order valence-corrected chi connectivity index (χ2v) is 5.38. The quantitative estimate of drug-likeness (QED) is 0.875. The predicted molar refractivity (Wildman–Crippen MR) is 73.4 cm³/mol. The van der Waals surface area contributed by atoms with Crippen molar-refractivity contribution < 1.29 is 9.90 Å². The van der Waals surface area contributed by atoms with Crippen LogP contribution in [0.25, 0.3) is 0 Å². The van der Waals surface area contributed by atoms with Gasteiger partial charge in [-0.25, -0.2) is 0 Å². The molecule has 1 aromatic carbocycles. The Labute approximate surface area is 111 Å². The largest absolute Gasteiger partial charge is 0.481 e. The van der Waals surface area contributed by atoms with Crippen LogP contribution in [-0.4, -0.2) is 24.2 Å². The molecule has 0 bridgehead atoms. The Bertz CT molecular complexity index is 362. The number of halogens is 1. The third-order valence-electron chi connectivity index (χ3n) is 2.37. The highest BCUT2D eigenvalue weighted by atomic mass is 79.9. The molecule has 0 aliphatic rings. The fourth-order valence-corrected chi connectivity index (χ4v) is 1.91. The van der Waals surface area contributed by atoms with Gasteiger partial charge in [0, 0.05) is 23.2 Å². The normalized spacial score (nSPS) is 10.6. The zero-order valence-electron chi connectivity index (χ0n) is 10.2. The van der Waals surface area contributed by atoms with Gasteiger partial charge in [-0.2, -0.15) is 0 Å². The molecule has 0 atom stereocenters. The second-order valence-electron chi connectivity index (χ2n) is 4.46. The van der Waals surface area contributed by atoms with Gasteiger partial charge >= 0.3 is 5.97 Å². The predicted octanol–water partition coefficient (Wildman–Crippen LogP) is 3.39. The summed E-state index contributed by atoms with van der Waals surface area (Å²) in [5, 5.41) is 8.75. The summed E-state index contributed by atoms with van der Waals surface area (Å²) in [6.45, 7) is 5.68. The molecule has 0 aromatic heterocycles. The molecule has 0 saturated carbocycles. The maximum atomic E-state index is 10.6. The summed E-state index contributed by atoms with van der Waals surface area (Å²) >= 11 is 3.39. The van der Waals surface area contributed by atoms with Gasteiger partial charge in [-0.3, -0.25) is 4.79 Å². The van der Waals surface area contributed by atoms with E-state index in [0.717, 1.165) is 16.7 Å². The molecule has 0 fully saturated rings. The monoisotopic (exact) mass is 299 g/mol. The van der Waals surface area contributed by atoms with Crippen molar-refractivity contribution >= 4 is 27.6 Å². The highest BCUT2D eigenvalue weighted by Gasteiger charge is 2.10. The summed E-state index contributed by atoms with van der Waals surface area (Å²) in [7, 11) is 0. The lowest BCUT2D eigenvalue weighted by molar-refractivity contribution is -0.136. The molecule has 0 radical (unpaired) electrons. The number of carboxylic acids is 1. The van der Waals surface area contributed by atoms with E-state index in [2.05, 4.69) is 34.7 Å². The van der Waals surface area contributed by atoms with Crippen LogP contribution in [0.15, 0.2) is 28.7 Å². The smallest absolute Gasteiger partial charge is 0.305 e. The van der Waals surface area contributed by atoms with Crippen LogP contribution >= 0.6 is 15.9 Å². The van der Waals surface area contributed by atoms with Crippen LogP contribution in [0.3, 0.4) is 0 Å². The van der Waals surface area contributed by atoms with E-state index in [1.807, 2.05) is 24.3 Å². The Kier molecular flexibility index (Phi) is 5.48. The topological polar surface area (TPSA) is 40.5 Å². The minimum Gasteiger partial charge on any atom is -0.481 e. The van der Waals surface area contributed by atoms with Crippen LogP contribution in [0.2, 0.25) is 0 Å². The van der Waals surface area contributed by atoms with Gasteiger partial charge in [-0.15, -0.1) is 0 Å². The van der Waals surface area contributed by atoms with Crippen molar-refractivity contribution in [3.8, 4) is 0 Å². The van der Waals surface area contributed by atoms with Crippen molar-refractivity contribution in [2.75, 3.05) is 18.0 Å². The number of hydrogen-bond donors (Lipinski definition) is 1. The lowest BCUT2D eigenvalue weighted by atomic mass is 10.2. The van der Waals surface area contributed by atoms with Crippen molar-refractivity contribution in [2.24, 2.45) is 5.92 Å². The van der Waals surface area contributed by atoms with Gasteiger partial charge in [-0.05, 0) is 30.2 Å². The van der Waals surface area contributed by atoms with Gasteiger partial charge in [0.2, 0.25) is 0 Å². The summed E-state index contributed by atoms with van der Waals surface area (Å²) in [6.07, 6.45) is 0.169. The standard InChI is InChI=1S/C13H18BrNO2/c1-10(2)9-15(8-7-13(16)17)12-5-3-11(14)4-6-12/h3-6,10H,7-9H2,1-2H3,(H,16,17). The minimum atomic E-state index is -0.754. The molecule has 1 N–H and O–H groups in total. The Morgan fingerprint density at radius 2 is 1.94 bits per heavy atom. The number of rotatable bonds is 6. The number of benzene rings is 1. The lowest BCUT2D eigenvalue weighted by Gasteiger charge is -2.26. The number of nitrogens with zero attached hydrogens (tertiary/aromatic N) is 1. The fraction of sp³-hybridized carbons (Fsp3) is 0.462. The number of aliphatic carboxylic acids is 1. The average molecular weight is 300 g/mol. The first-order valence-electron chi connectivity index (χ1n) is 5.71. The molecule has 94 valence electrons. The number of carbonyl (C=O) groups is 1. The second kappa shape index (κ2) is 6.64. The van der Waals surface area contributed by atoms with Crippen molar-refractivity contribution in [3.05, 3.63) is 28.7 Å². The van der Waals surface area contributed by atoms with E-state index in [1.165, 1.54) is 0 Å². The Morgan fingerprint density at radius 1 is 1.35 bits per heavy atom. The van der Waals surface area contributed by atoms with Crippen LogP contribution in [0.4, 0.5) is 5.69 Å². The van der Waals surface area contributed by atoms with Gasteiger partial charge in [0.05, 0.1) is 6.42 Å². The van der Waals surface area contributed by atoms with E-state index in [1.54, 1.807) is 0 Å². The summed E-state index contributed by atoms with van der Waals surface area (Å²) in [6, 6.07) is 7.97. The summed E-state index contributed by atoms with van der Waals surface area (Å²) in [5.74, 6) is -0.247. The molecule has 3 nitrogen and oxygen atoms in total. The van der Waals surface area contributed by atoms with E-state index < -0.39 is 5.97 Å². The first kappa shape index (κ1) is 14.0. The van der Waals surface area contributed by atoms with Crippen LogP contribution in [-0.2, 0) is 4.79 Å². The van der Waals surface area contributed by atoms with Gasteiger partial charge < -0.3 is 10.0 Å². The number of anilines is 1. The Morgan fingerprint density at radius 3 is 2.41 bits per heavy atom. The number of carboxylic acid groups (broad SMARTS) is 1. The molecular formula is C13H18BrNO2. The van der Waals surface area contributed by atoms with Crippen LogP contribution in [0.1, 0.15) is 20.3 Å². The lowest BCUT2D eigenvalue weighted by Crippen LogP contribution is -2.29. The minimum absolute atomic E-state index is 0.169. The zero-order valence-corrected chi connectivity index (χ0v) is 11.8. The molecule has 0 heterocycles. The maximum absolute atomic E-state index is 10.6. The van der Waals surface area contributed by atoms with Crippen LogP contribution in [0.5, 0.6) is 0 Å². The summed E-state index contributed by atoms with van der Waals surface area (Å²) in [5.41, 5.74) is 1.07. The molecule has 0 aliphatic heterocycles. The molecule has 0 aliphatic carbocycles. The summed E-state index contributed by atoms with van der Waals surface area (Å²) < 4.78 is 1.03. The number of hydrogen-bond acceptors (Lipinski definition) is 2. The Hall–Kier alpha value is -1.03. The zero-order chi connectivity index (χ0) is 12.8. The highest BCUT2D eigenvalue weighted by Crippen LogP contribution is 2.19. The highest BCUT2D eigenvalue weighted by molar-refractivity contribution is 9.10. The van der Waals surface area contributed by atoms with Crippen molar-refractivity contribution in [2.45, 2.75) is 20.3 Å². The molecule has 0 amide bonds. The van der Waals surface area contributed by atoms with E-state index in [4.69, 9.17) is 5.11 Å². The summed E-state index contributed by atoms with van der Waals surface area (Å²) in [4.78, 5) is 12.8. The van der Waals surface area contributed by atoms with E-state index in [-0.39, 0.29) is 6.42 Å². The van der Waals surface area contributed by atoms with E-state index >= 15 is 0 Å². The SMILES string of the molecule is CC(C)CN(CCC(=O)O)c1ccc(Br)cc1. The third-order valence-corrected chi connectivity index (χ3v) is 2.90. The average Bonchev–Trinajstić information content (AvgIpc) is 2.25. The molecule has 17 heavy (non-hydrogen) atoms. The molecule has 0 spiro atoms.